The molecule has 0 aliphatic heterocycles. The highest BCUT2D eigenvalue weighted by Crippen LogP contribution is 2.24. The van der Waals surface area contributed by atoms with Gasteiger partial charge in [-0.15, -0.1) is 0 Å². The maximum atomic E-state index is 11.4. The molecule has 3 heteroatoms. The summed E-state index contributed by atoms with van der Waals surface area (Å²) < 4.78 is 0. The molecule has 0 atom stereocenters. The molecule has 1 rings (SSSR count). The summed E-state index contributed by atoms with van der Waals surface area (Å²) in [6.45, 7) is 3.23. The molecule has 0 radical (unpaired) electrons. The summed E-state index contributed by atoms with van der Waals surface area (Å²) >= 11 is 0. The van der Waals surface area contributed by atoms with E-state index in [1.165, 1.54) is 19.3 Å². The number of hydrogen-bond donors (Lipinski definition) is 1. The maximum Gasteiger partial charge on any atom is 0.222 e. The molecule has 1 aliphatic rings. The fraction of sp³-hybridized carbons (Fsp3) is 0.889. The summed E-state index contributed by atoms with van der Waals surface area (Å²) in [5, 5.41) is 0. The van der Waals surface area contributed by atoms with Gasteiger partial charge in [0.05, 0.1) is 0 Å². The van der Waals surface area contributed by atoms with Crippen molar-refractivity contribution >= 4 is 5.91 Å². The molecule has 1 fully saturated rings. The van der Waals surface area contributed by atoms with Gasteiger partial charge in [0, 0.05) is 25.6 Å². The molecule has 0 spiro atoms. The van der Waals surface area contributed by atoms with Crippen LogP contribution in [0.3, 0.4) is 0 Å². The SMILES string of the molecule is CCC(=O)N(CCN)C1CCC1. The van der Waals surface area contributed by atoms with Crippen molar-refractivity contribution in [2.24, 2.45) is 5.73 Å². The summed E-state index contributed by atoms with van der Waals surface area (Å²) in [5.41, 5.74) is 5.44. The summed E-state index contributed by atoms with van der Waals surface area (Å²) in [6.07, 6.45) is 4.22. The smallest absolute Gasteiger partial charge is 0.222 e. The number of rotatable bonds is 4. The second-order valence-electron chi connectivity index (χ2n) is 3.31. The van der Waals surface area contributed by atoms with E-state index >= 15 is 0 Å². The van der Waals surface area contributed by atoms with Gasteiger partial charge in [0.25, 0.3) is 0 Å². The molecule has 0 heterocycles. The number of nitrogens with zero attached hydrogens (tertiary/aromatic N) is 1. The molecular formula is C9H18N2O. The predicted molar refractivity (Wildman–Crippen MR) is 48.7 cm³/mol. The zero-order valence-corrected chi connectivity index (χ0v) is 7.75. The Morgan fingerprint density at radius 2 is 2.25 bits per heavy atom. The van der Waals surface area contributed by atoms with Crippen molar-refractivity contribution in [2.75, 3.05) is 13.1 Å². The van der Waals surface area contributed by atoms with Crippen LogP contribution in [0.15, 0.2) is 0 Å². The Morgan fingerprint density at radius 3 is 2.58 bits per heavy atom. The Hall–Kier alpha value is -0.570. The molecule has 1 aliphatic carbocycles. The van der Waals surface area contributed by atoms with Crippen molar-refractivity contribution < 1.29 is 4.79 Å². The lowest BCUT2D eigenvalue weighted by Gasteiger charge is -2.37. The second kappa shape index (κ2) is 4.45. The third-order valence-corrected chi connectivity index (χ3v) is 2.51. The van der Waals surface area contributed by atoms with Gasteiger partial charge in [0.2, 0.25) is 5.91 Å². The Bertz CT molecular complexity index is 155. The average Bonchev–Trinajstić information content (AvgIpc) is 1.99. The van der Waals surface area contributed by atoms with E-state index in [9.17, 15) is 4.79 Å². The van der Waals surface area contributed by atoms with Crippen LogP contribution < -0.4 is 5.73 Å². The van der Waals surface area contributed by atoms with Crippen molar-refractivity contribution in [2.45, 2.75) is 38.6 Å². The molecule has 0 unspecified atom stereocenters. The van der Waals surface area contributed by atoms with Crippen LogP contribution in [0, 0.1) is 0 Å². The molecular weight excluding hydrogens is 152 g/mol. The summed E-state index contributed by atoms with van der Waals surface area (Å²) in [4.78, 5) is 13.4. The molecule has 3 nitrogen and oxygen atoms in total. The zero-order chi connectivity index (χ0) is 8.97. The van der Waals surface area contributed by atoms with E-state index in [1.54, 1.807) is 0 Å². The molecule has 1 amide bonds. The van der Waals surface area contributed by atoms with E-state index in [0.29, 0.717) is 19.0 Å². The van der Waals surface area contributed by atoms with Crippen molar-refractivity contribution in [1.29, 1.82) is 0 Å². The predicted octanol–water partition coefficient (Wildman–Crippen LogP) is 0.736. The monoisotopic (exact) mass is 170 g/mol. The normalized spacial score (nSPS) is 17.2. The number of carbonyl (C=O) groups is 1. The average molecular weight is 170 g/mol. The lowest BCUT2D eigenvalue weighted by Crippen LogP contribution is -2.46. The zero-order valence-electron chi connectivity index (χ0n) is 7.75. The summed E-state index contributed by atoms with van der Waals surface area (Å²) in [7, 11) is 0. The van der Waals surface area contributed by atoms with Gasteiger partial charge in [-0.1, -0.05) is 6.92 Å². The van der Waals surface area contributed by atoms with Crippen molar-refractivity contribution in [3.05, 3.63) is 0 Å². The maximum absolute atomic E-state index is 11.4. The Labute approximate surface area is 73.9 Å². The van der Waals surface area contributed by atoms with Crippen LogP contribution in [-0.2, 0) is 4.79 Å². The van der Waals surface area contributed by atoms with E-state index in [1.807, 2.05) is 11.8 Å². The molecule has 70 valence electrons. The van der Waals surface area contributed by atoms with Crippen LogP contribution in [0.1, 0.15) is 32.6 Å². The topological polar surface area (TPSA) is 46.3 Å². The molecule has 12 heavy (non-hydrogen) atoms. The minimum Gasteiger partial charge on any atom is -0.338 e. The third kappa shape index (κ3) is 1.97. The minimum absolute atomic E-state index is 0.255. The van der Waals surface area contributed by atoms with E-state index in [2.05, 4.69) is 0 Å². The van der Waals surface area contributed by atoms with E-state index in [0.717, 1.165) is 6.54 Å². The highest BCUT2D eigenvalue weighted by molar-refractivity contribution is 5.76. The molecule has 0 bridgehead atoms. The molecule has 2 N–H and O–H groups in total. The van der Waals surface area contributed by atoms with Gasteiger partial charge >= 0.3 is 0 Å². The van der Waals surface area contributed by atoms with Gasteiger partial charge in [-0.3, -0.25) is 4.79 Å². The van der Waals surface area contributed by atoms with E-state index in [-0.39, 0.29) is 5.91 Å². The fourth-order valence-corrected chi connectivity index (χ4v) is 1.55. The molecule has 0 aromatic carbocycles. The highest BCUT2D eigenvalue weighted by Gasteiger charge is 2.26. The number of hydrogen-bond acceptors (Lipinski definition) is 2. The van der Waals surface area contributed by atoms with Gasteiger partial charge in [-0.25, -0.2) is 0 Å². The first kappa shape index (κ1) is 9.52. The number of nitrogens with two attached hydrogens (primary N) is 1. The fourth-order valence-electron chi connectivity index (χ4n) is 1.55. The van der Waals surface area contributed by atoms with E-state index < -0.39 is 0 Å². The largest absolute Gasteiger partial charge is 0.338 e. The van der Waals surface area contributed by atoms with Crippen LogP contribution in [0.4, 0.5) is 0 Å². The van der Waals surface area contributed by atoms with Gasteiger partial charge in [-0.05, 0) is 19.3 Å². The first-order valence-electron chi connectivity index (χ1n) is 4.79. The van der Waals surface area contributed by atoms with Crippen molar-refractivity contribution in [3.63, 3.8) is 0 Å². The Morgan fingerprint density at radius 1 is 1.58 bits per heavy atom. The van der Waals surface area contributed by atoms with Crippen LogP contribution in [0.25, 0.3) is 0 Å². The standard InChI is InChI=1S/C9H18N2O/c1-2-9(12)11(7-6-10)8-4-3-5-8/h8H,2-7,10H2,1H3. The van der Waals surface area contributed by atoms with E-state index in [4.69, 9.17) is 5.73 Å². The van der Waals surface area contributed by atoms with Crippen LogP contribution >= 0.6 is 0 Å². The van der Waals surface area contributed by atoms with Crippen LogP contribution in [0.2, 0.25) is 0 Å². The first-order chi connectivity index (χ1) is 5.79. The van der Waals surface area contributed by atoms with Gasteiger partial charge in [-0.2, -0.15) is 0 Å². The second-order valence-corrected chi connectivity index (χ2v) is 3.31. The number of carbonyl (C=O) groups excluding carboxylic acids is 1. The minimum atomic E-state index is 0.255. The van der Waals surface area contributed by atoms with Crippen LogP contribution in [-0.4, -0.2) is 29.9 Å². The van der Waals surface area contributed by atoms with Crippen molar-refractivity contribution in [3.8, 4) is 0 Å². The number of amides is 1. The lowest BCUT2D eigenvalue weighted by atomic mass is 9.91. The third-order valence-electron chi connectivity index (χ3n) is 2.51. The Balaban J connectivity index is 2.41. The highest BCUT2D eigenvalue weighted by atomic mass is 16.2. The molecule has 0 aromatic rings. The molecule has 1 saturated carbocycles. The summed E-state index contributed by atoms with van der Waals surface area (Å²) in [6, 6.07) is 0.501. The first-order valence-corrected chi connectivity index (χ1v) is 4.79. The quantitative estimate of drug-likeness (QED) is 0.676. The van der Waals surface area contributed by atoms with Crippen LogP contribution in [0.5, 0.6) is 0 Å². The lowest BCUT2D eigenvalue weighted by molar-refractivity contribution is -0.134. The summed E-state index contributed by atoms with van der Waals surface area (Å²) in [5.74, 6) is 0.255. The van der Waals surface area contributed by atoms with Gasteiger partial charge in [0.15, 0.2) is 0 Å². The van der Waals surface area contributed by atoms with Gasteiger partial charge in [0.1, 0.15) is 0 Å². The Kier molecular flexibility index (Phi) is 3.53. The van der Waals surface area contributed by atoms with Crippen molar-refractivity contribution in [1.82, 2.24) is 4.90 Å². The molecule has 0 saturated heterocycles. The van der Waals surface area contributed by atoms with Gasteiger partial charge < -0.3 is 10.6 Å². The molecule has 0 aromatic heterocycles.